The summed E-state index contributed by atoms with van der Waals surface area (Å²) in [4.78, 5) is 0. The summed E-state index contributed by atoms with van der Waals surface area (Å²) in [5, 5.41) is 7.58. The van der Waals surface area contributed by atoms with E-state index in [0.29, 0.717) is 15.8 Å². The largest absolute Gasteiger partial charge is 0.495 e. The van der Waals surface area contributed by atoms with Gasteiger partial charge in [-0.15, -0.1) is 0 Å². The lowest BCUT2D eigenvalue weighted by Crippen LogP contribution is -2.21. The van der Waals surface area contributed by atoms with Crippen LogP contribution in [0, 0.1) is 0 Å². The van der Waals surface area contributed by atoms with E-state index >= 15 is 0 Å². The molecule has 0 aliphatic heterocycles. The first-order chi connectivity index (χ1) is 7.69. The van der Waals surface area contributed by atoms with Crippen molar-refractivity contribution >= 4 is 28.9 Å². The first-order valence-electron chi connectivity index (χ1n) is 5.16. The van der Waals surface area contributed by atoms with Crippen LogP contribution >= 0.6 is 23.2 Å². The molecule has 90 valence electrons. The second-order valence-electron chi connectivity index (χ2n) is 3.25. The van der Waals surface area contributed by atoms with Crippen LogP contribution in [-0.2, 0) is 0 Å². The fraction of sp³-hybridized carbons (Fsp3) is 0.455. The molecule has 0 aliphatic carbocycles. The van der Waals surface area contributed by atoms with Crippen molar-refractivity contribution in [2.75, 3.05) is 32.1 Å². The van der Waals surface area contributed by atoms with Gasteiger partial charge in [-0.3, -0.25) is 0 Å². The zero-order valence-electron chi connectivity index (χ0n) is 9.44. The molecule has 0 aliphatic rings. The number of halogens is 2. The summed E-state index contributed by atoms with van der Waals surface area (Å²) >= 11 is 12.1. The number of benzene rings is 1. The maximum absolute atomic E-state index is 6.07. The normalized spacial score (nSPS) is 10.2. The van der Waals surface area contributed by atoms with Crippen LogP contribution in [0.4, 0.5) is 5.69 Å². The summed E-state index contributed by atoms with van der Waals surface area (Å²) in [6.45, 7) is 4.71. The molecule has 0 saturated carbocycles. The van der Waals surface area contributed by atoms with Gasteiger partial charge in [0, 0.05) is 19.2 Å². The minimum absolute atomic E-state index is 0.554. The van der Waals surface area contributed by atoms with E-state index in [9.17, 15) is 0 Å². The smallest absolute Gasteiger partial charge is 0.139 e. The highest BCUT2D eigenvalue weighted by Crippen LogP contribution is 2.33. The standard InChI is InChI=1S/C11H16Cl2N2O/c1-3-14-4-5-15-10-6-9(13)11(16-2)7-8(10)12/h6-7,14-15H,3-5H2,1-2H3. The van der Waals surface area contributed by atoms with Gasteiger partial charge in [0.25, 0.3) is 0 Å². The summed E-state index contributed by atoms with van der Waals surface area (Å²) < 4.78 is 5.07. The number of rotatable bonds is 6. The van der Waals surface area contributed by atoms with Gasteiger partial charge in [0.05, 0.1) is 22.8 Å². The molecule has 2 N–H and O–H groups in total. The van der Waals surface area contributed by atoms with Crippen molar-refractivity contribution < 1.29 is 4.74 Å². The van der Waals surface area contributed by atoms with Crippen molar-refractivity contribution in [2.24, 2.45) is 0 Å². The molecule has 1 aromatic rings. The highest BCUT2D eigenvalue weighted by molar-refractivity contribution is 6.36. The Morgan fingerprint density at radius 3 is 2.56 bits per heavy atom. The highest BCUT2D eigenvalue weighted by atomic mass is 35.5. The third-order valence-electron chi connectivity index (χ3n) is 2.11. The average Bonchev–Trinajstić information content (AvgIpc) is 2.28. The third kappa shape index (κ3) is 3.74. The highest BCUT2D eigenvalue weighted by Gasteiger charge is 2.06. The van der Waals surface area contributed by atoms with Crippen LogP contribution < -0.4 is 15.4 Å². The van der Waals surface area contributed by atoms with Gasteiger partial charge in [0.1, 0.15) is 5.75 Å². The molecule has 0 spiro atoms. The maximum atomic E-state index is 6.07. The van der Waals surface area contributed by atoms with E-state index in [-0.39, 0.29) is 0 Å². The van der Waals surface area contributed by atoms with Crippen LogP contribution in [0.15, 0.2) is 12.1 Å². The van der Waals surface area contributed by atoms with E-state index in [0.717, 1.165) is 25.3 Å². The van der Waals surface area contributed by atoms with Gasteiger partial charge in [0.15, 0.2) is 0 Å². The lowest BCUT2D eigenvalue weighted by atomic mass is 10.3. The van der Waals surface area contributed by atoms with E-state index in [2.05, 4.69) is 17.6 Å². The fourth-order valence-corrected chi connectivity index (χ4v) is 1.74. The van der Waals surface area contributed by atoms with Crippen molar-refractivity contribution in [1.82, 2.24) is 5.32 Å². The van der Waals surface area contributed by atoms with Gasteiger partial charge >= 0.3 is 0 Å². The maximum Gasteiger partial charge on any atom is 0.139 e. The zero-order chi connectivity index (χ0) is 12.0. The molecule has 0 amide bonds. The fourth-order valence-electron chi connectivity index (χ4n) is 1.28. The Morgan fingerprint density at radius 1 is 1.19 bits per heavy atom. The van der Waals surface area contributed by atoms with E-state index in [1.165, 1.54) is 0 Å². The third-order valence-corrected chi connectivity index (χ3v) is 2.72. The number of ether oxygens (including phenoxy) is 1. The van der Waals surface area contributed by atoms with Crippen LogP contribution in [0.5, 0.6) is 5.75 Å². The minimum Gasteiger partial charge on any atom is -0.495 e. The Morgan fingerprint density at radius 2 is 1.94 bits per heavy atom. The van der Waals surface area contributed by atoms with E-state index in [1.807, 2.05) is 0 Å². The summed E-state index contributed by atoms with van der Waals surface area (Å²) in [5.74, 6) is 0.587. The Bertz CT molecular complexity index is 345. The molecular weight excluding hydrogens is 247 g/mol. The molecule has 16 heavy (non-hydrogen) atoms. The number of anilines is 1. The number of methoxy groups -OCH3 is 1. The molecular formula is C11H16Cl2N2O. The predicted octanol–water partition coefficient (Wildman–Crippen LogP) is 3.02. The van der Waals surface area contributed by atoms with Crippen LogP contribution in [0.2, 0.25) is 10.0 Å². The van der Waals surface area contributed by atoms with Gasteiger partial charge < -0.3 is 15.4 Å². The average molecular weight is 263 g/mol. The molecule has 1 aromatic carbocycles. The summed E-state index contributed by atoms with van der Waals surface area (Å²) in [6, 6.07) is 3.48. The van der Waals surface area contributed by atoms with Gasteiger partial charge in [-0.05, 0) is 12.6 Å². The van der Waals surface area contributed by atoms with Crippen molar-refractivity contribution in [2.45, 2.75) is 6.92 Å². The molecule has 1 rings (SSSR count). The molecule has 0 radical (unpaired) electrons. The van der Waals surface area contributed by atoms with Crippen LogP contribution in [0.25, 0.3) is 0 Å². The lowest BCUT2D eigenvalue weighted by molar-refractivity contribution is 0.415. The first kappa shape index (κ1) is 13.4. The van der Waals surface area contributed by atoms with Gasteiger partial charge in [-0.1, -0.05) is 30.1 Å². The molecule has 0 bridgehead atoms. The molecule has 3 nitrogen and oxygen atoms in total. The van der Waals surface area contributed by atoms with Crippen LogP contribution in [0.1, 0.15) is 6.92 Å². The Balaban J connectivity index is 2.63. The molecule has 0 fully saturated rings. The zero-order valence-corrected chi connectivity index (χ0v) is 11.0. The molecule has 0 unspecified atom stereocenters. The minimum atomic E-state index is 0.554. The van der Waals surface area contributed by atoms with Crippen LogP contribution in [0.3, 0.4) is 0 Å². The predicted molar refractivity (Wildman–Crippen MR) is 70.0 cm³/mol. The second-order valence-corrected chi connectivity index (χ2v) is 4.06. The van der Waals surface area contributed by atoms with Crippen molar-refractivity contribution in [3.8, 4) is 5.75 Å². The van der Waals surface area contributed by atoms with Crippen molar-refractivity contribution in [3.05, 3.63) is 22.2 Å². The Labute approximate surface area is 106 Å². The monoisotopic (exact) mass is 262 g/mol. The van der Waals surface area contributed by atoms with Gasteiger partial charge in [0.2, 0.25) is 0 Å². The number of nitrogens with one attached hydrogen (secondary N) is 2. The summed E-state index contributed by atoms with van der Waals surface area (Å²) in [7, 11) is 1.57. The lowest BCUT2D eigenvalue weighted by Gasteiger charge is -2.11. The van der Waals surface area contributed by atoms with Crippen LogP contribution in [-0.4, -0.2) is 26.7 Å². The Kier molecular flexibility index (Phi) is 5.74. The number of likely N-dealkylation sites (N-methyl/N-ethyl adjacent to an activating group) is 1. The molecule has 5 heteroatoms. The quantitative estimate of drug-likeness (QED) is 0.774. The topological polar surface area (TPSA) is 33.3 Å². The van der Waals surface area contributed by atoms with E-state index < -0.39 is 0 Å². The molecule has 0 aromatic heterocycles. The molecule has 0 atom stereocenters. The Hall–Kier alpha value is -0.640. The summed E-state index contributed by atoms with van der Waals surface area (Å²) in [6.07, 6.45) is 0. The molecule has 0 heterocycles. The first-order valence-corrected chi connectivity index (χ1v) is 5.92. The van der Waals surface area contributed by atoms with Gasteiger partial charge in [-0.25, -0.2) is 0 Å². The number of hydrogen-bond acceptors (Lipinski definition) is 3. The van der Waals surface area contributed by atoms with Crippen molar-refractivity contribution in [3.63, 3.8) is 0 Å². The second kappa shape index (κ2) is 6.84. The SMILES string of the molecule is CCNCCNc1cc(Cl)c(OC)cc1Cl. The summed E-state index contributed by atoms with van der Waals surface area (Å²) in [5.41, 5.74) is 0.824. The van der Waals surface area contributed by atoms with E-state index in [4.69, 9.17) is 27.9 Å². The number of hydrogen-bond donors (Lipinski definition) is 2. The molecule has 0 saturated heterocycles. The van der Waals surface area contributed by atoms with Crippen molar-refractivity contribution in [1.29, 1.82) is 0 Å². The van der Waals surface area contributed by atoms with Gasteiger partial charge in [-0.2, -0.15) is 0 Å². The van der Waals surface area contributed by atoms with E-state index in [1.54, 1.807) is 19.2 Å².